The molecule has 5 nitrogen and oxygen atoms in total. The molecule has 0 spiro atoms. The number of rotatable bonds is 5. The molecule has 0 aromatic heterocycles. The van der Waals surface area contributed by atoms with E-state index in [0.29, 0.717) is 18.0 Å². The van der Waals surface area contributed by atoms with E-state index in [4.69, 9.17) is 15.3 Å². The minimum atomic E-state index is -0.550. The van der Waals surface area contributed by atoms with Gasteiger partial charge in [0.05, 0.1) is 13.2 Å². The number of hydroxylamine groups is 2. The molecule has 1 atom stereocenters. The Hall–Kier alpha value is -1.30. The van der Waals surface area contributed by atoms with Gasteiger partial charge in [-0.05, 0) is 30.7 Å². The van der Waals surface area contributed by atoms with Crippen molar-refractivity contribution in [2.24, 2.45) is 0 Å². The Bertz CT molecular complexity index is 336. The van der Waals surface area contributed by atoms with Gasteiger partial charge in [0.2, 0.25) is 0 Å². The molecular weight excluding hydrogens is 220 g/mol. The second-order valence-electron chi connectivity index (χ2n) is 4.11. The van der Waals surface area contributed by atoms with Gasteiger partial charge < -0.3 is 15.6 Å². The first-order chi connectivity index (χ1) is 8.24. The highest BCUT2D eigenvalue weighted by Crippen LogP contribution is 2.13. The van der Waals surface area contributed by atoms with Crippen LogP contribution in [0.25, 0.3) is 0 Å². The predicted molar refractivity (Wildman–Crippen MR) is 64.5 cm³/mol. The number of hydrogen-bond acceptors (Lipinski definition) is 5. The smallest absolute Gasteiger partial charge is 0.119 e. The zero-order valence-corrected chi connectivity index (χ0v) is 9.71. The highest BCUT2D eigenvalue weighted by Gasteiger charge is 2.16. The zero-order valence-electron chi connectivity index (χ0n) is 9.71. The Morgan fingerprint density at radius 3 is 2.82 bits per heavy atom. The first kappa shape index (κ1) is 12.2. The van der Waals surface area contributed by atoms with Crippen molar-refractivity contribution in [1.82, 2.24) is 5.06 Å². The Morgan fingerprint density at radius 2 is 2.18 bits per heavy atom. The summed E-state index contributed by atoms with van der Waals surface area (Å²) < 4.78 is 5.45. The van der Waals surface area contributed by atoms with Gasteiger partial charge in [0.25, 0.3) is 0 Å². The van der Waals surface area contributed by atoms with Crippen molar-refractivity contribution in [3.63, 3.8) is 0 Å². The van der Waals surface area contributed by atoms with Crippen molar-refractivity contribution in [3.05, 3.63) is 24.3 Å². The van der Waals surface area contributed by atoms with Crippen molar-refractivity contribution >= 4 is 5.69 Å². The van der Waals surface area contributed by atoms with Crippen LogP contribution in [0.4, 0.5) is 5.69 Å². The molecular formula is C12H18N2O3. The van der Waals surface area contributed by atoms with Crippen LogP contribution in [-0.4, -0.2) is 42.6 Å². The average molecular weight is 238 g/mol. The van der Waals surface area contributed by atoms with Crippen molar-refractivity contribution in [2.45, 2.75) is 12.5 Å². The maximum absolute atomic E-state index is 9.75. The third-order valence-corrected chi connectivity index (χ3v) is 2.56. The number of nitrogens with two attached hydrogens (primary N) is 1. The lowest BCUT2D eigenvalue weighted by atomic mass is 10.3. The van der Waals surface area contributed by atoms with Crippen LogP contribution >= 0.6 is 0 Å². The van der Waals surface area contributed by atoms with Gasteiger partial charge in [-0.3, -0.25) is 4.84 Å². The number of hydrogen-bond donors (Lipinski definition) is 2. The molecule has 17 heavy (non-hydrogen) atoms. The molecule has 1 heterocycles. The lowest BCUT2D eigenvalue weighted by Gasteiger charge is -2.18. The van der Waals surface area contributed by atoms with E-state index >= 15 is 0 Å². The lowest BCUT2D eigenvalue weighted by molar-refractivity contribution is -0.131. The van der Waals surface area contributed by atoms with Crippen molar-refractivity contribution < 1.29 is 14.7 Å². The van der Waals surface area contributed by atoms with E-state index in [-0.39, 0.29) is 6.61 Å². The van der Waals surface area contributed by atoms with Crippen LogP contribution in [0.15, 0.2) is 24.3 Å². The molecule has 1 aliphatic heterocycles. The molecule has 0 radical (unpaired) electrons. The van der Waals surface area contributed by atoms with Gasteiger partial charge in [0, 0.05) is 12.2 Å². The normalized spacial score (nSPS) is 18.2. The molecule has 1 saturated heterocycles. The van der Waals surface area contributed by atoms with Crippen LogP contribution in [0.2, 0.25) is 0 Å². The Labute approximate surface area is 101 Å². The largest absolute Gasteiger partial charge is 0.491 e. The minimum Gasteiger partial charge on any atom is -0.491 e. The number of aliphatic hydroxyl groups excluding tert-OH is 1. The molecule has 1 unspecified atom stereocenters. The highest BCUT2D eigenvalue weighted by atomic mass is 16.7. The Balaban J connectivity index is 1.71. The number of nitrogens with zero attached hydrogens (tertiary/aromatic N) is 1. The number of nitrogen functional groups attached to an aromatic ring is 1. The third-order valence-electron chi connectivity index (χ3n) is 2.56. The molecule has 0 saturated carbocycles. The lowest BCUT2D eigenvalue weighted by Crippen LogP contribution is -2.33. The van der Waals surface area contributed by atoms with Crippen molar-refractivity contribution in [1.29, 1.82) is 0 Å². The summed E-state index contributed by atoms with van der Waals surface area (Å²) in [5, 5.41) is 11.5. The molecule has 0 amide bonds. The first-order valence-corrected chi connectivity index (χ1v) is 5.78. The molecule has 0 aliphatic carbocycles. The summed E-state index contributed by atoms with van der Waals surface area (Å²) in [6, 6.07) is 7.11. The Morgan fingerprint density at radius 1 is 1.41 bits per heavy atom. The fraction of sp³-hybridized carbons (Fsp3) is 0.500. The summed E-state index contributed by atoms with van der Waals surface area (Å²) >= 11 is 0. The maximum atomic E-state index is 9.75. The van der Waals surface area contributed by atoms with Crippen LogP contribution in [-0.2, 0) is 4.84 Å². The summed E-state index contributed by atoms with van der Waals surface area (Å²) in [5.74, 6) is 0.709. The van der Waals surface area contributed by atoms with Gasteiger partial charge in [0.15, 0.2) is 0 Å². The first-order valence-electron chi connectivity index (χ1n) is 5.78. The van der Waals surface area contributed by atoms with Gasteiger partial charge in [-0.1, -0.05) is 0 Å². The van der Waals surface area contributed by atoms with Gasteiger partial charge >= 0.3 is 0 Å². The SMILES string of the molecule is Nc1ccc(OCC(O)CN2CCCO2)cc1. The summed E-state index contributed by atoms with van der Waals surface area (Å²) in [7, 11) is 0. The van der Waals surface area contributed by atoms with Gasteiger partial charge in [-0.25, -0.2) is 0 Å². The summed E-state index contributed by atoms with van der Waals surface area (Å²) in [4.78, 5) is 5.29. The van der Waals surface area contributed by atoms with E-state index in [1.807, 2.05) is 0 Å². The highest BCUT2D eigenvalue weighted by molar-refractivity contribution is 5.41. The second kappa shape index (κ2) is 5.86. The second-order valence-corrected chi connectivity index (χ2v) is 4.11. The standard InChI is InChI=1S/C12H18N2O3/c13-10-2-4-12(5-3-10)16-9-11(15)8-14-6-1-7-17-14/h2-5,11,15H,1,6-9,13H2. The fourth-order valence-corrected chi connectivity index (χ4v) is 1.69. The molecule has 1 fully saturated rings. The average Bonchev–Trinajstić information content (AvgIpc) is 2.81. The van der Waals surface area contributed by atoms with Crippen LogP contribution in [0.3, 0.4) is 0 Å². The molecule has 94 valence electrons. The summed E-state index contributed by atoms with van der Waals surface area (Å²) in [6.45, 7) is 2.35. The number of ether oxygens (including phenoxy) is 1. The van der Waals surface area contributed by atoms with Crippen LogP contribution in [0.5, 0.6) is 5.75 Å². The van der Waals surface area contributed by atoms with Crippen LogP contribution < -0.4 is 10.5 Å². The topological polar surface area (TPSA) is 68.0 Å². The molecule has 2 rings (SSSR count). The number of anilines is 1. The number of benzene rings is 1. The van der Waals surface area contributed by atoms with Gasteiger partial charge in [-0.2, -0.15) is 5.06 Å². The third kappa shape index (κ3) is 3.89. The fourth-order valence-electron chi connectivity index (χ4n) is 1.69. The van der Waals surface area contributed by atoms with Gasteiger partial charge in [-0.15, -0.1) is 0 Å². The van der Waals surface area contributed by atoms with Crippen LogP contribution in [0.1, 0.15) is 6.42 Å². The molecule has 5 heteroatoms. The van der Waals surface area contributed by atoms with E-state index in [1.165, 1.54) is 0 Å². The summed E-state index contributed by atoms with van der Waals surface area (Å²) in [5.41, 5.74) is 6.26. The quantitative estimate of drug-likeness (QED) is 0.737. The van der Waals surface area contributed by atoms with E-state index < -0.39 is 6.10 Å². The molecule has 1 aromatic carbocycles. The number of aliphatic hydroxyl groups is 1. The van der Waals surface area contributed by atoms with Gasteiger partial charge in [0.1, 0.15) is 18.5 Å². The molecule has 1 aliphatic rings. The molecule has 3 N–H and O–H groups in total. The maximum Gasteiger partial charge on any atom is 0.119 e. The van der Waals surface area contributed by atoms with E-state index in [0.717, 1.165) is 19.6 Å². The number of β-amino-alcohol motifs (C(OH)–C–C–N with tert-alkyl or cyclic N) is 1. The Kier molecular flexibility index (Phi) is 4.19. The van der Waals surface area contributed by atoms with E-state index in [1.54, 1.807) is 29.3 Å². The van der Waals surface area contributed by atoms with Crippen molar-refractivity contribution in [2.75, 3.05) is 32.0 Å². The van der Waals surface area contributed by atoms with Crippen LogP contribution in [0, 0.1) is 0 Å². The minimum absolute atomic E-state index is 0.254. The van der Waals surface area contributed by atoms with Crippen molar-refractivity contribution in [3.8, 4) is 5.75 Å². The predicted octanol–water partition coefficient (Wildman–Crippen LogP) is 0.646. The summed E-state index contributed by atoms with van der Waals surface area (Å²) in [6.07, 6.45) is 0.469. The monoisotopic (exact) mass is 238 g/mol. The van der Waals surface area contributed by atoms with E-state index in [2.05, 4.69) is 0 Å². The van der Waals surface area contributed by atoms with E-state index in [9.17, 15) is 5.11 Å². The molecule has 1 aromatic rings. The zero-order chi connectivity index (χ0) is 12.1. The molecule has 0 bridgehead atoms.